The van der Waals surface area contributed by atoms with Gasteiger partial charge in [0.2, 0.25) is 5.91 Å². The van der Waals surface area contributed by atoms with Gasteiger partial charge in [-0.2, -0.15) is 0 Å². The van der Waals surface area contributed by atoms with Crippen molar-refractivity contribution in [1.29, 1.82) is 0 Å². The molecule has 0 aromatic carbocycles. The number of carbonyl (C=O) groups is 1. The monoisotopic (exact) mass is 309 g/mol. The van der Waals surface area contributed by atoms with Crippen LogP contribution in [0.1, 0.15) is 45.4 Å². The third-order valence-corrected chi connectivity index (χ3v) is 4.28. The summed E-state index contributed by atoms with van der Waals surface area (Å²) in [6.45, 7) is 8.17. The van der Waals surface area contributed by atoms with Crippen molar-refractivity contribution in [1.82, 2.24) is 14.7 Å². The van der Waals surface area contributed by atoms with Crippen molar-refractivity contribution in [2.45, 2.75) is 45.4 Å². The first-order chi connectivity index (χ1) is 10.6. The number of hydrogen-bond acceptors (Lipinski definition) is 3. The Labute approximate surface area is 137 Å². The van der Waals surface area contributed by atoms with Gasteiger partial charge in [0.15, 0.2) is 0 Å². The molecule has 1 saturated heterocycles. The van der Waals surface area contributed by atoms with E-state index in [1.165, 1.54) is 32.1 Å². The quantitative estimate of drug-likeness (QED) is 0.458. The smallest absolute Gasteiger partial charge is 0.246 e. The number of rotatable bonds is 10. The van der Waals surface area contributed by atoms with Gasteiger partial charge in [-0.15, -0.1) is 0 Å². The van der Waals surface area contributed by atoms with Crippen molar-refractivity contribution in [3.63, 3.8) is 0 Å². The fourth-order valence-electron chi connectivity index (χ4n) is 2.69. The number of hydrogen-bond donors (Lipinski definition) is 0. The molecule has 0 N–H and O–H groups in total. The molecule has 0 atom stereocenters. The molecule has 1 amide bonds. The molecule has 1 aliphatic rings. The van der Waals surface area contributed by atoms with E-state index >= 15 is 0 Å². The molecule has 0 saturated carbocycles. The molecule has 0 bridgehead atoms. The number of unbranched alkanes of at least 4 members (excludes halogenated alkanes) is 5. The molecule has 1 aliphatic heterocycles. The van der Waals surface area contributed by atoms with Crippen molar-refractivity contribution in [2.75, 3.05) is 53.4 Å². The Kier molecular flexibility index (Phi) is 10.2. The van der Waals surface area contributed by atoms with Crippen LogP contribution in [-0.2, 0) is 4.79 Å². The molecule has 128 valence electrons. The van der Waals surface area contributed by atoms with Crippen LogP contribution in [0.5, 0.6) is 0 Å². The predicted molar refractivity (Wildman–Crippen MR) is 94.1 cm³/mol. The predicted octanol–water partition coefficient (Wildman–Crippen LogP) is 2.61. The van der Waals surface area contributed by atoms with Crippen molar-refractivity contribution in [2.24, 2.45) is 0 Å². The van der Waals surface area contributed by atoms with Gasteiger partial charge in [0.1, 0.15) is 0 Å². The fraction of sp³-hybridized carbons (Fsp3) is 0.833. The maximum Gasteiger partial charge on any atom is 0.246 e. The van der Waals surface area contributed by atoms with Crippen LogP contribution in [0.2, 0.25) is 0 Å². The summed E-state index contributed by atoms with van der Waals surface area (Å²) in [7, 11) is 4.21. The zero-order valence-electron chi connectivity index (χ0n) is 14.9. The van der Waals surface area contributed by atoms with Crippen LogP contribution < -0.4 is 0 Å². The number of allylic oxidation sites excluding steroid dienone is 1. The van der Waals surface area contributed by atoms with E-state index in [1.54, 1.807) is 6.08 Å². The Balaban J connectivity index is 2.11. The van der Waals surface area contributed by atoms with Gasteiger partial charge in [0, 0.05) is 39.3 Å². The highest BCUT2D eigenvalue weighted by Gasteiger charge is 2.19. The molecular weight excluding hydrogens is 274 g/mol. The Morgan fingerprint density at radius 3 is 2.36 bits per heavy atom. The number of carbonyl (C=O) groups excluding carboxylic acids is 1. The minimum atomic E-state index is 0.195. The van der Waals surface area contributed by atoms with Gasteiger partial charge in [0.05, 0.1) is 0 Å². The average molecular weight is 309 g/mol. The van der Waals surface area contributed by atoms with Crippen LogP contribution in [0.25, 0.3) is 0 Å². The minimum absolute atomic E-state index is 0.195. The summed E-state index contributed by atoms with van der Waals surface area (Å²) in [4.78, 5) is 18.8. The lowest BCUT2D eigenvalue weighted by Gasteiger charge is -2.34. The van der Waals surface area contributed by atoms with Crippen LogP contribution in [0, 0.1) is 0 Å². The Hall–Kier alpha value is -0.870. The summed E-state index contributed by atoms with van der Waals surface area (Å²) in [6.07, 6.45) is 11.3. The van der Waals surface area contributed by atoms with Crippen LogP contribution in [0.15, 0.2) is 12.2 Å². The lowest BCUT2D eigenvalue weighted by molar-refractivity contribution is -0.127. The van der Waals surface area contributed by atoms with E-state index < -0.39 is 0 Å². The van der Waals surface area contributed by atoms with Crippen LogP contribution in [0.4, 0.5) is 0 Å². The zero-order chi connectivity index (χ0) is 16.2. The highest BCUT2D eigenvalue weighted by molar-refractivity contribution is 5.87. The molecule has 22 heavy (non-hydrogen) atoms. The Bertz CT molecular complexity index is 320. The van der Waals surface area contributed by atoms with Gasteiger partial charge in [0.25, 0.3) is 0 Å². The molecule has 0 radical (unpaired) electrons. The third kappa shape index (κ3) is 8.54. The molecule has 0 aromatic rings. The lowest BCUT2D eigenvalue weighted by Crippen LogP contribution is -2.49. The Morgan fingerprint density at radius 1 is 1.05 bits per heavy atom. The maximum absolute atomic E-state index is 12.1. The summed E-state index contributed by atoms with van der Waals surface area (Å²) in [5.74, 6) is 0.195. The fourth-order valence-corrected chi connectivity index (χ4v) is 2.69. The van der Waals surface area contributed by atoms with Crippen molar-refractivity contribution in [3.8, 4) is 0 Å². The van der Waals surface area contributed by atoms with Crippen LogP contribution in [-0.4, -0.2) is 74.0 Å². The van der Waals surface area contributed by atoms with Gasteiger partial charge < -0.3 is 9.80 Å². The van der Waals surface area contributed by atoms with Crippen LogP contribution >= 0.6 is 0 Å². The van der Waals surface area contributed by atoms with E-state index in [-0.39, 0.29) is 5.91 Å². The SMILES string of the molecule is CCCCCCC/C=C/C(=O)N1CCN(CCN(C)C)CC1. The normalized spacial score (nSPS) is 16.8. The first-order valence-corrected chi connectivity index (χ1v) is 8.96. The minimum Gasteiger partial charge on any atom is -0.337 e. The van der Waals surface area contributed by atoms with E-state index in [9.17, 15) is 4.79 Å². The largest absolute Gasteiger partial charge is 0.337 e. The summed E-state index contributed by atoms with van der Waals surface area (Å²) in [5.41, 5.74) is 0. The second-order valence-corrected chi connectivity index (χ2v) is 6.58. The molecule has 1 heterocycles. The molecule has 0 aliphatic carbocycles. The molecule has 0 unspecified atom stereocenters. The molecule has 0 spiro atoms. The number of amides is 1. The topological polar surface area (TPSA) is 26.8 Å². The van der Waals surface area contributed by atoms with E-state index in [2.05, 4.69) is 36.9 Å². The summed E-state index contributed by atoms with van der Waals surface area (Å²) < 4.78 is 0. The molecular formula is C18H35N3O. The summed E-state index contributed by atoms with van der Waals surface area (Å²) >= 11 is 0. The van der Waals surface area contributed by atoms with E-state index in [4.69, 9.17) is 0 Å². The maximum atomic E-state index is 12.1. The first-order valence-electron chi connectivity index (χ1n) is 8.96. The second-order valence-electron chi connectivity index (χ2n) is 6.58. The number of piperazine rings is 1. The first kappa shape index (κ1) is 19.2. The molecule has 1 fully saturated rings. The Morgan fingerprint density at radius 2 is 1.73 bits per heavy atom. The second kappa shape index (κ2) is 11.7. The lowest BCUT2D eigenvalue weighted by atomic mass is 10.1. The van der Waals surface area contributed by atoms with Crippen LogP contribution in [0.3, 0.4) is 0 Å². The van der Waals surface area contributed by atoms with Gasteiger partial charge >= 0.3 is 0 Å². The standard InChI is InChI=1S/C18H35N3O/c1-4-5-6-7-8-9-10-11-18(22)21-16-14-20(15-17-21)13-12-19(2)3/h10-11H,4-9,12-17H2,1-3H3/b11-10+. The summed E-state index contributed by atoms with van der Waals surface area (Å²) in [6, 6.07) is 0. The highest BCUT2D eigenvalue weighted by atomic mass is 16.2. The summed E-state index contributed by atoms with van der Waals surface area (Å²) in [5, 5.41) is 0. The van der Waals surface area contributed by atoms with E-state index in [1.807, 2.05) is 4.90 Å². The number of likely N-dealkylation sites (N-methyl/N-ethyl adjacent to an activating group) is 1. The molecule has 0 aromatic heterocycles. The van der Waals surface area contributed by atoms with Crippen molar-refractivity contribution < 1.29 is 4.79 Å². The average Bonchev–Trinajstić information content (AvgIpc) is 2.52. The molecule has 1 rings (SSSR count). The van der Waals surface area contributed by atoms with Crippen molar-refractivity contribution >= 4 is 5.91 Å². The van der Waals surface area contributed by atoms with E-state index in [0.29, 0.717) is 0 Å². The van der Waals surface area contributed by atoms with Crippen molar-refractivity contribution in [3.05, 3.63) is 12.2 Å². The highest BCUT2D eigenvalue weighted by Crippen LogP contribution is 2.06. The molecule has 4 nitrogen and oxygen atoms in total. The van der Waals surface area contributed by atoms with Gasteiger partial charge in [-0.25, -0.2) is 0 Å². The number of nitrogens with zero attached hydrogens (tertiary/aromatic N) is 3. The molecule has 4 heteroatoms. The van der Waals surface area contributed by atoms with Gasteiger partial charge in [-0.1, -0.05) is 38.7 Å². The van der Waals surface area contributed by atoms with Gasteiger partial charge in [-0.05, 0) is 33.0 Å². The van der Waals surface area contributed by atoms with E-state index in [0.717, 1.165) is 45.7 Å². The van der Waals surface area contributed by atoms with Gasteiger partial charge in [-0.3, -0.25) is 9.69 Å². The third-order valence-electron chi connectivity index (χ3n) is 4.28. The zero-order valence-corrected chi connectivity index (χ0v) is 14.9.